The summed E-state index contributed by atoms with van der Waals surface area (Å²) in [5, 5.41) is 3.60. The Labute approximate surface area is 160 Å². The first kappa shape index (κ1) is 18.2. The molecule has 0 fully saturated rings. The molecule has 10 heteroatoms. The van der Waals surface area contributed by atoms with Crippen LogP contribution >= 0.6 is 11.3 Å². The van der Waals surface area contributed by atoms with Crippen molar-refractivity contribution < 1.29 is 22.7 Å². The fraction of sp³-hybridized carbons (Fsp3) is 0.167. The molecule has 2 heterocycles. The summed E-state index contributed by atoms with van der Waals surface area (Å²) >= 11 is 1.19. The summed E-state index contributed by atoms with van der Waals surface area (Å²) in [6.07, 6.45) is -3.99. The van der Waals surface area contributed by atoms with E-state index in [2.05, 4.69) is 20.0 Å². The van der Waals surface area contributed by atoms with Crippen molar-refractivity contribution in [1.29, 1.82) is 0 Å². The lowest BCUT2D eigenvalue weighted by molar-refractivity contribution is -0.274. The SMILES string of the molecule is CCn1c(Nc2nc3ccc(OC(F)(F)F)cc3s2)nc2cc(C=O)ccc21. The van der Waals surface area contributed by atoms with Crippen LogP contribution in [-0.4, -0.2) is 27.2 Å². The first-order valence-corrected chi connectivity index (χ1v) is 9.07. The van der Waals surface area contributed by atoms with Gasteiger partial charge in [0.2, 0.25) is 5.95 Å². The molecule has 0 saturated carbocycles. The molecule has 144 valence electrons. The maximum absolute atomic E-state index is 12.4. The highest BCUT2D eigenvalue weighted by Gasteiger charge is 2.31. The number of nitrogens with one attached hydrogen (secondary N) is 1. The topological polar surface area (TPSA) is 69.0 Å². The van der Waals surface area contributed by atoms with Crippen LogP contribution in [-0.2, 0) is 6.54 Å². The number of hydrogen-bond acceptors (Lipinski definition) is 6. The number of aryl methyl sites for hydroxylation is 1. The van der Waals surface area contributed by atoms with Gasteiger partial charge in [0.05, 0.1) is 21.3 Å². The second-order valence-electron chi connectivity index (χ2n) is 5.87. The van der Waals surface area contributed by atoms with E-state index in [4.69, 9.17) is 0 Å². The molecule has 0 bridgehead atoms. The quantitative estimate of drug-likeness (QED) is 0.466. The fourth-order valence-corrected chi connectivity index (χ4v) is 3.77. The van der Waals surface area contributed by atoms with Crippen molar-refractivity contribution in [2.45, 2.75) is 19.8 Å². The molecular formula is C18H13F3N4O2S. The Morgan fingerprint density at radius 3 is 2.71 bits per heavy atom. The van der Waals surface area contributed by atoms with E-state index in [0.29, 0.717) is 38.9 Å². The largest absolute Gasteiger partial charge is 0.573 e. The second kappa shape index (κ2) is 6.79. The number of anilines is 2. The van der Waals surface area contributed by atoms with Crippen molar-refractivity contribution in [2.24, 2.45) is 0 Å². The molecule has 2 aromatic heterocycles. The maximum atomic E-state index is 12.4. The van der Waals surface area contributed by atoms with E-state index in [1.165, 1.54) is 29.5 Å². The number of aldehydes is 1. The summed E-state index contributed by atoms with van der Waals surface area (Å²) in [6.45, 7) is 2.59. The Hall–Kier alpha value is -3.14. The lowest BCUT2D eigenvalue weighted by atomic mass is 10.2. The Balaban J connectivity index is 1.68. The van der Waals surface area contributed by atoms with Crippen molar-refractivity contribution in [2.75, 3.05) is 5.32 Å². The highest BCUT2D eigenvalue weighted by molar-refractivity contribution is 7.22. The number of rotatable bonds is 5. The minimum Gasteiger partial charge on any atom is -0.406 e. The van der Waals surface area contributed by atoms with Crippen LogP contribution in [0.25, 0.3) is 21.3 Å². The van der Waals surface area contributed by atoms with Crippen molar-refractivity contribution >= 4 is 50.0 Å². The number of carbonyl (C=O) groups is 1. The van der Waals surface area contributed by atoms with Crippen molar-refractivity contribution in [3.8, 4) is 5.75 Å². The number of fused-ring (bicyclic) bond motifs is 2. The molecule has 0 aliphatic carbocycles. The minimum atomic E-state index is -4.74. The number of ether oxygens (including phenoxy) is 1. The average Bonchev–Trinajstić information content (AvgIpc) is 3.19. The van der Waals surface area contributed by atoms with Gasteiger partial charge >= 0.3 is 6.36 Å². The van der Waals surface area contributed by atoms with Gasteiger partial charge in [0.1, 0.15) is 12.0 Å². The molecule has 0 aliphatic rings. The van der Waals surface area contributed by atoms with Gasteiger partial charge in [-0.3, -0.25) is 4.79 Å². The Kier molecular flexibility index (Phi) is 4.42. The monoisotopic (exact) mass is 406 g/mol. The summed E-state index contributed by atoms with van der Waals surface area (Å²) in [6, 6.07) is 9.22. The third-order valence-electron chi connectivity index (χ3n) is 4.04. The third kappa shape index (κ3) is 3.50. The number of hydrogen-bond donors (Lipinski definition) is 1. The minimum absolute atomic E-state index is 0.294. The van der Waals surface area contributed by atoms with E-state index >= 15 is 0 Å². The van der Waals surface area contributed by atoms with Gasteiger partial charge < -0.3 is 14.6 Å². The second-order valence-corrected chi connectivity index (χ2v) is 6.90. The molecule has 0 spiro atoms. The molecule has 1 N–H and O–H groups in total. The molecule has 0 unspecified atom stereocenters. The number of halogens is 3. The highest BCUT2D eigenvalue weighted by Crippen LogP contribution is 2.33. The Bertz CT molecular complexity index is 1180. The zero-order chi connectivity index (χ0) is 19.9. The highest BCUT2D eigenvalue weighted by atomic mass is 32.1. The summed E-state index contributed by atoms with van der Waals surface area (Å²) in [5.41, 5.74) is 2.59. The van der Waals surface area contributed by atoms with Gasteiger partial charge in [0, 0.05) is 18.2 Å². The van der Waals surface area contributed by atoms with Crippen LogP contribution in [0.1, 0.15) is 17.3 Å². The summed E-state index contributed by atoms with van der Waals surface area (Å²) in [4.78, 5) is 19.9. The van der Waals surface area contributed by atoms with E-state index in [0.717, 1.165) is 11.8 Å². The number of aromatic nitrogens is 3. The van der Waals surface area contributed by atoms with Crippen LogP contribution in [0, 0.1) is 0 Å². The molecule has 0 aliphatic heterocycles. The van der Waals surface area contributed by atoms with Gasteiger partial charge in [-0.2, -0.15) is 0 Å². The molecule has 0 radical (unpaired) electrons. The van der Waals surface area contributed by atoms with Crippen LogP contribution < -0.4 is 10.1 Å². The van der Waals surface area contributed by atoms with Crippen molar-refractivity contribution in [1.82, 2.24) is 14.5 Å². The van der Waals surface area contributed by atoms with E-state index in [-0.39, 0.29) is 5.75 Å². The third-order valence-corrected chi connectivity index (χ3v) is 4.97. The standard InChI is InChI=1S/C18H13F3N4O2S/c1-2-25-14-6-3-10(9-26)7-13(14)22-16(25)24-17-23-12-5-4-11(8-15(12)28-17)27-18(19,20)21/h3-9H,2H2,1H3,(H,22,23,24). The lowest BCUT2D eigenvalue weighted by Gasteiger charge is -2.07. The van der Waals surface area contributed by atoms with Crippen LogP contribution in [0.15, 0.2) is 36.4 Å². The molecule has 6 nitrogen and oxygen atoms in total. The summed E-state index contributed by atoms with van der Waals surface area (Å²) in [5.74, 6) is 0.240. The molecule has 4 rings (SSSR count). The molecule has 0 saturated heterocycles. The molecule has 0 amide bonds. The first-order valence-electron chi connectivity index (χ1n) is 8.25. The maximum Gasteiger partial charge on any atom is 0.573 e. The fourth-order valence-electron chi connectivity index (χ4n) is 2.89. The summed E-state index contributed by atoms with van der Waals surface area (Å²) < 4.78 is 43.6. The van der Waals surface area contributed by atoms with Gasteiger partial charge in [0.15, 0.2) is 5.13 Å². The van der Waals surface area contributed by atoms with Gasteiger partial charge in [-0.05, 0) is 37.3 Å². The van der Waals surface area contributed by atoms with Crippen LogP contribution in [0.5, 0.6) is 5.75 Å². The summed E-state index contributed by atoms with van der Waals surface area (Å²) in [7, 11) is 0. The van der Waals surface area contributed by atoms with Gasteiger partial charge in [-0.1, -0.05) is 11.3 Å². The number of nitrogens with zero attached hydrogens (tertiary/aromatic N) is 3. The molecule has 28 heavy (non-hydrogen) atoms. The normalized spacial score (nSPS) is 11.9. The van der Waals surface area contributed by atoms with Gasteiger partial charge in [-0.15, -0.1) is 13.2 Å². The number of alkyl halides is 3. The lowest BCUT2D eigenvalue weighted by Crippen LogP contribution is -2.16. The number of benzene rings is 2. The first-order chi connectivity index (χ1) is 13.4. The smallest absolute Gasteiger partial charge is 0.406 e. The van der Waals surface area contributed by atoms with Crippen LogP contribution in [0.3, 0.4) is 0 Å². The predicted octanol–water partition coefficient (Wildman–Crippen LogP) is 5.12. The molecule has 4 aromatic rings. The van der Waals surface area contributed by atoms with E-state index in [1.54, 1.807) is 12.1 Å². The molecule has 2 aromatic carbocycles. The van der Waals surface area contributed by atoms with Gasteiger partial charge in [-0.25, -0.2) is 9.97 Å². The van der Waals surface area contributed by atoms with Crippen molar-refractivity contribution in [3.63, 3.8) is 0 Å². The van der Waals surface area contributed by atoms with Crippen molar-refractivity contribution in [3.05, 3.63) is 42.0 Å². The Morgan fingerprint density at radius 1 is 1.18 bits per heavy atom. The predicted molar refractivity (Wildman–Crippen MR) is 100 cm³/mol. The zero-order valence-corrected chi connectivity index (χ0v) is 15.3. The van der Waals surface area contributed by atoms with E-state index in [1.807, 2.05) is 17.6 Å². The number of imidazole rings is 1. The van der Waals surface area contributed by atoms with Crippen LogP contribution in [0.4, 0.5) is 24.3 Å². The molecular weight excluding hydrogens is 393 g/mol. The van der Waals surface area contributed by atoms with E-state index < -0.39 is 6.36 Å². The zero-order valence-electron chi connectivity index (χ0n) is 14.4. The average molecular weight is 406 g/mol. The van der Waals surface area contributed by atoms with E-state index in [9.17, 15) is 18.0 Å². The van der Waals surface area contributed by atoms with Crippen LogP contribution in [0.2, 0.25) is 0 Å². The Morgan fingerprint density at radius 2 is 2.00 bits per heavy atom. The number of thiazole rings is 1. The molecule has 0 atom stereocenters. The van der Waals surface area contributed by atoms with Gasteiger partial charge in [0.25, 0.3) is 0 Å². The number of carbonyl (C=O) groups excluding carboxylic acids is 1.